The van der Waals surface area contributed by atoms with Crippen LogP contribution in [-0.4, -0.2) is 26.7 Å². The van der Waals surface area contributed by atoms with Gasteiger partial charge in [0.05, 0.1) is 16.1 Å². The molecule has 6 heteroatoms. The maximum Gasteiger partial charge on any atom is 0.231 e. The number of ketones is 1. The quantitative estimate of drug-likeness (QED) is 0.322. The van der Waals surface area contributed by atoms with E-state index in [1.54, 1.807) is 12.1 Å². The van der Waals surface area contributed by atoms with Gasteiger partial charge in [-0.25, -0.2) is 8.42 Å². The fraction of sp³-hybridized carbons (Fsp3) is 0.387. The van der Waals surface area contributed by atoms with Gasteiger partial charge in [0, 0.05) is 6.42 Å². The Morgan fingerprint density at radius 3 is 2.32 bits per heavy atom. The van der Waals surface area contributed by atoms with Gasteiger partial charge in [0.1, 0.15) is 5.78 Å². The van der Waals surface area contributed by atoms with Gasteiger partial charge < -0.3 is 9.47 Å². The summed E-state index contributed by atoms with van der Waals surface area (Å²) in [5, 5.41) is 0. The molecule has 1 fully saturated rings. The van der Waals surface area contributed by atoms with Crippen LogP contribution in [0.3, 0.4) is 0 Å². The van der Waals surface area contributed by atoms with Crippen LogP contribution in [0.25, 0.3) is 11.1 Å². The Morgan fingerprint density at radius 2 is 1.62 bits per heavy atom. The maximum absolute atomic E-state index is 13.4. The summed E-state index contributed by atoms with van der Waals surface area (Å²) in [5.74, 6) is 1.80. The minimum Gasteiger partial charge on any atom is -0.454 e. The molecule has 0 aromatic heterocycles. The lowest BCUT2D eigenvalue weighted by Crippen LogP contribution is -2.22. The van der Waals surface area contributed by atoms with Gasteiger partial charge >= 0.3 is 0 Å². The largest absolute Gasteiger partial charge is 0.454 e. The highest BCUT2D eigenvalue weighted by Crippen LogP contribution is 2.51. The van der Waals surface area contributed by atoms with E-state index < -0.39 is 15.3 Å². The monoisotopic (exact) mass is 518 g/mol. The normalized spacial score (nSPS) is 16.0. The fourth-order valence-electron chi connectivity index (χ4n) is 5.03. The van der Waals surface area contributed by atoms with Crippen molar-refractivity contribution in [2.75, 3.05) is 12.5 Å². The Morgan fingerprint density at radius 1 is 0.892 bits per heavy atom. The van der Waals surface area contributed by atoms with E-state index in [9.17, 15) is 13.2 Å². The van der Waals surface area contributed by atoms with Crippen molar-refractivity contribution in [2.24, 2.45) is 5.41 Å². The van der Waals surface area contributed by atoms with Gasteiger partial charge in [-0.2, -0.15) is 0 Å². The minimum absolute atomic E-state index is 0.120. The summed E-state index contributed by atoms with van der Waals surface area (Å²) < 4.78 is 36.5. The topological polar surface area (TPSA) is 69.7 Å². The van der Waals surface area contributed by atoms with Gasteiger partial charge in [0.15, 0.2) is 21.3 Å². The molecule has 0 atom stereocenters. The Hall–Kier alpha value is -3.12. The number of ether oxygens (including phenoxy) is 2. The Labute approximate surface area is 219 Å². The number of carbonyl (C=O) groups is 1. The van der Waals surface area contributed by atoms with Crippen LogP contribution >= 0.6 is 0 Å². The number of benzene rings is 3. The van der Waals surface area contributed by atoms with Crippen molar-refractivity contribution in [1.82, 2.24) is 0 Å². The Kier molecular flexibility index (Phi) is 6.65. The Balaban J connectivity index is 1.27. The first-order chi connectivity index (χ1) is 17.6. The van der Waals surface area contributed by atoms with E-state index in [1.165, 1.54) is 0 Å². The van der Waals surface area contributed by atoms with Crippen LogP contribution in [0.1, 0.15) is 57.6 Å². The molecule has 37 heavy (non-hydrogen) atoms. The third-order valence-corrected chi connectivity index (χ3v) is 9.20. The molecule has 5 rings (SSSR count). The number of sulfone groups is 1. The zero-order valence-corrected chi connectivity index (χ0v) is 22.6. The first-order valence-corrected chi connectivity index (χ1v) is 14.6. The van der Waals surface area contributed by atoms with E-state index in [-0.39, 0.29) is 23.7 Å². The maximum atomic E-state index is 13.4. The molecule has 0 bridgehead atoms. The van der Waals surface area contributed by atoms with Crippen LogP contribution in [0.4, 0.5) is 0 Å². The van der Waals surface area contributed by atoms with Crippen LogP contribution in [0.15, 0.2) is 71.6 Å². The predicted octanol–water partition coefficient (Wildman–Crippen LogP) is 6.53. The predicted molar refractivity (Wildman–Crippen MR) is 145 cm³/mol. The molecule has 194 valence electrons. The fourth-order valence-corrected chi connectivity index (χ4v) is 6.34. The van der Waals surface area contributed by atoms with Gasteiger partial charge in [0.25, 0.3) is 0 Å². The molecule has 0 radical (unpaired) electrons. The van der Waals surface area contributed by atoms with Crippen LogP contribution in [-0.2, 0) is 26.5 Å². The number of hydrogen-bond donors (Lipinski definition) is 0. The number of rotatable bonds is 9. The van der Waals surface area contributed by atoms with Crippen LogP contribution < -0.4 is 9.47 Å². The SMILES string of the molecule is CC(C)(C)CCCS(=O)(=O)c1ccc(-c2cccc(CC(=O)C3(c4ccc5c(c4)OCO5)CC3)c2)cc1. The standard InChI is InChI=1S/C31H34O5S/c1-30(2,3)14-5-17-37(33,34)26-11-8-23(9-12-26)24-7-4-6-22(18-24)19-29(32)31(15-16-31)25-10-13-27-28(20-25)36-21-35-27/h4,6-13,18,20H,5,14-17,19,21H2,1-3H3. The van der Waals surface area contributed by atoms with E-state index in [0.29, 0.717) is 23.5 Å². The molecule has 3 aromatic carbocycles. The molecule has 0 saturated heterocycles. The smallest absolute Gasteiger partial charge is 0.231 e. The molecule has 3 aromatic rings. The molecule has 0 N–H and O–H groups in total. The molecule has 1 heterocycles. The van der Waals surface area contributed by atoms with Gasteiger partial charge in [0.2, 0.25) is 6.79 Å². The summed E-state index contributed by atoms with van der Waals surface area (Å²) in [4.78, 5) is 13.8. The molecule has 2 aliphatic rings. The van der Waals surface area contributed by atoms with Gasteiger partial charge in [-0.05, 0) is 77.6 Å². The van der Waals surface area contributed by atoms with Crippen molar-refractivity contribution >= 4 is 15.6 Å². The zero-order valence-electron chi connectivity index (χ0n) is 21.8. The van der Waals surface area contributed by atoms with Gasteiger partial charge in [-0.1, -0.05) is 63.2 Å². The average Bonchev–Trinajstić information content (AvgIpc) is 3.54. The molecule has 0 spiro atoms. The molecule has 0 amide bonds. The highest BCUT2D eigenvalue weighted by atomic mass is 32.2. The second-order valence-electron chi connectivity index (χ2n) is 11.5. The number of Topliss-reactive ketones (excluding diaryl/α,β-unsaturated/α-hetero) is 1. The first-order valence-electron chi connectivity index (χ1n) is 12.9. The van der Waals surface area contributed by atoms with Crippen molar-refractivity contribution in [3.63, 3.8) is 0 Å². The number of fused-ring (bicyclic) bond motifs is 1. The minimum atomic E-state index is -3.31. The van der Waals surface area contributed by atoms with E-state index in [1.807, 2.05) is 54.6 Å². The highest BCUT2D eigenvalue weighted by Gasteiger charge is 2.50. The van der Waals surface area contributed by atoms with Crippen LogP contribution in [0, 0.1) is 5.41 Å². The molecule has 5 nitrogen and oxygen atoms in total. The molecule has 0 unspecified atom stereocenters. The van der Waals surface area contributed by atoms with Crippen LogP contribution in [0.5, 0.6) is 11.5 Å². The lowest BCUT2D eigenvalue weighted by molar-refractivity contribution is -0.120. The van der Waals surface area contributed by atoms with E-state index in [4.69, 9.17) is 9.47 Å². The second kappa shape index (κ2) is 9.64. The van der Waals surface area contributed by atoms with Crippen LogP contribution in [0.2, 0.25) is 0 Å². The summed E-state index contributed by atoms with van der Waals surface area (Å²) in [6, 6.07) is 20.9. The molecule has 1 aliphatic carbocycles. The van der Waals surface area contributed by atoms with Crippen molar-refractivity contribution in [1.29, 1.82) is 0 Å². The summed E-state index contributed by atoms with van der Waals surface area (Å²) in [6.45, 7) is 6.59. The van der Waals surface area contributed by atoms with Crippen molar-refractivity contribution in [2.45, 2.75) is 63.2 Å². The molecular weight excluding hydrogens is 484 g/mol. The summed E-state index contributed by atoms with van der Waals surface area (Å²) >= 11 is 0. The summed E-state index contributed by atoms with van der Waals surface area (Å²) in [6.07, 6.45) is 3.55. The van der Waals surface area contributed by atoms with Crippen molar-refractivity contribution in [3.05, 3.63) is 77.9 Å². The molecule has 1 aliphatic heterocycles. The first kappa shape index (κ1) is 25.5. The highest BCUT2D eigenvalue weighted by molar-refractivity contribution is 7.91. The lowest BCUT2D eigenvalue weighted by atomic mass is 9.87. The van der Waals surface area contributed by atoms with Gasteiger partial charge in [-0.3, -0.25) is 4.79 Å². The number of hydrogen-bond acceptors (Lipinski definition) is 5. The molecule has 1 saturated carbocycles. The molecular formula is C31H34O5S. The summed E-state index contributed by atoms with van der Waals surface area (Å²) in [5.41, 5.74) is 3.52. The second-order valence-corrected chi connectivity index (χ2v) is 13.6. The van der Waals surface area contributed by atoms with E-state index in [0.717, 1.165) is 47.3 Å². The third-order valence-electron chi connectivity index (χ3n) is 7.39. The Bertz CT molecular complexity index is 1410. The van der Waals surface area contributed by atoms with E-state index in [2.05, 4.69) is 20.8 Å². The van der Waals surface area contributed by atoms with E-state index >= 15 is 0 Å². The summed E-state index contributed by atoms with van der Waals surface area (Å²) in [7, 11) is -3.31. The number of carbonyl (C=O) groups excluding carboxylic acids is 1. The van der Waals surface area contributed by atoms with Gasteiger partial charge in [-0.15, -0.1) is 0 Å². The zero-order chi connectivity index (χ0) is 26.3. The van der Waals surface area contributed by atoms with Crippen molar-refractivity contribution in [3.8, 4) is 22.6 Å². The lowest BCUT2D eigenvalue weighted by Gasteiger charge is -2.17. The average molecular weight is 519 g/mol. The third kappa shape index (κ3) is 5.59. The van der Waals surface area contributed by atoms with Crippen molar-refractivity contribution < 1.29 is 22.7 Å².